The largest absolute Gasteiger partial charge is 0.239 e. The van der Waals surface area contributed by atoms with E-state index in [0.29, 0.717) is 5.88 Å². The highest BCUT2D eigenvalue weighted by molar-refractivity contribution is 7.21. The first-order valence-corrected chi connectivity index (χ1v) is 6.66. The second kappa shape index (κ2) is 4.43. The van der Waals surface area contributed by atoms with Crippen molar-refractivity contribution in [3.63, 3.8) is 0 Å². The molecule has 2 aromatic rings. The van der Waals surface area contributed by atoms with E-state index in [4.69, 9.17) is 11.6 Å². The van der Waals surface area contributed by atoms with Gasteiger partial charge in [-0.3, -0.25) is 0 Å². The quantitative estimate of drug-likeness (QED) is 0.738. The molecule has 0 radical (unpaired) electrons. The highest BCUT2D eigenvalue weighted by Gasteiger charge is 2.06. The number of thiophene rings is 1. The number of nitrogens with zero attached hydrogens (tertiary/aromatic N) is 1. The second-order valence-corrected chi connectivity index (χ2v) is 5.19. The third kappa shape index (κ3) is 2.00. The third-order valence-corrected chi connectivity index (χ3v) is 4.47. The Morgan fingerprint density at radius 3 is 2.86 bits per heavy atom. The van der Waals surface area contributed by atoms with Crippen molar-refractivity contribution in [2.24, 2.45) is 0 Å². The summed E-state index contributed by atoms with van der Waals surface area (Å²) in [5.41, 5.74) is 0.970. The maximum atomic E-state index is 5.71. The normalized spacial score (nSPS) is 10.7. The van der Waals surface area contributed by atoms with E-state index in [1.165, 1.54) is 9.75 Å². The molecule has 0 atom stereocenters. The molecule has 0 bridgehead atoms. The lowest BCUT2D eigenvalue weighted by Crippen LogP contribution is -1.75. The average molecular weight is 244 g/mol. The molecule has 0 saturated heterocycles. The maximum Gasteiger partial charge on any atom is 0.133 e. The van der Waals surface area contributed by atoms with Crippen LogP contribution < -0.4 is 0 Å². The Bertz CT molecular complexity index is 379. The van der Waals surface area contributed by atoms with Gasteiger partial charge in [-0.05, 0) is 18.6 Å². The number of alkyl halides is 1. The number of aryl methyl sites for hydroxylation is 1. The number of hydrogen-bond donors (Lipinski definition) is 0. The lowest BCUT2D eigenvalue weighted by molar-refractivity contribution is 1.19. The molecular weight excluding hydrogens is 234 g/mol. The lowest BCUT2D eigenvalue weighted by Gasteiger charge is -1.88. The fourth-order valence-electron chi connectivity index (χ4n) is 1.16. The monoisotopic (exact) mass is 243 g/mol. The first kappa shape index (κ1) is 10.1. The highest BCUT2D eigenvalue weighted by atomic mass is 35.5. The fraction of sp³-hybridized carbons (Fsp3) is 0.300. The SMILES string of the molecule is CCc1ccc(-c2nc(CCl)cs2)s1. The van der Waals surface area contributed by atoms with Crippen LogP contribution in [0, 0.1) is 0 Å². The summed E-state index contributed by atoms with van der Waals surface area (Å²) in [4.78, 5) is 7.10. The Labute approximate surface area is 96.4 Å². The van der Waals surface area contributed by atoms with Gasteiger partial charge in [-0.15, -0.1) is 34.3 Å². The molecule has 0 spiro atoms. The summed E-state index contributed by atoms with van der Waals surface area (Å²) in [5, 5.41) is 3.11. The zero-order valence-electron chi connectivity index (χ0n) is 7.79. The Kier molecular flexibility index (Phi) is 3.21. The molecule has 14 heavy (non-hydrogen) atoms. The summed E-state index contributed by atoms with van der Waals surface area (Å²) in [6, 6.07) is 4.31. The van der Waals surface area contributed by atoms with Crippen LogP contribution in [-0.4, -0.2) is 4.98 Å². The van der Waals surface area contributed by atoms with Crippen LogP contribution in [-0.2, 0) is 12.3 Å². The Balaban J connectivity index is 2.29. The number of halogens is 1. The third-order valence-electron chi connectivity index (χ3n) is 1.91. The van der Waals surface area contributed by atoms with Crippen molar-refractivity contribution in [1.82, 2.24) is 4.98 Å². The van der Waals surface area contributed by atoms with E-state index in [2.05, 4.69) is 24.0 Å². The minimum Gasteiger partial charge on any atom is -0.239 e. The molecule has 0 saturated carbocycles. The molecule has 2 heterocycles. The molecule has 0 aliphatic rings. The van der Waals surface area contributed by atoms with Crippen LogP contribution in [0.2, 0.25) is 0 Å². The van der Waals surface area contributed by atoms with Crippen LogP contribution in [0.5, 0.6) is 0 Å². The Hall–Kier alpha value is -0.380. The molecule has 1 nitrogen and oxygen atoms in total. The van der Waals surface area contributed by atoms with Crippen molar-refractivity contribution in [1.29, 1.82) is 0 Å². The van der Waals surface area contributed by atoms with Gasteiger partial charge in [0, 0.05) is 10.3 Å². The van der Waals surface area contributed by atoms with Gasteiger partial charge in [0.05, 0.1) is 16.5 Å². The molecule has 0 amide bonds. The van der Waals surface area contributed by atoms with Gasteiger partial charge in [0.1, 0.15) is 5.01 Å². The minimum atomic E-state index is 0.502. The van der Waals surface area contributed by atoms with Gasteiger partial charge in [-0.2, -0.15) is 0 Å². The fourth-order valence-corrected chi connectivity index (χ4v) is 3.23. The molecule has 4 heteroatoms. The van der Waals surface area contributed by atoms with Crippen molar-refractivity contribution in [3.05, 3.63) is 28.1 Å². The summed E-state index contributed by atoms with van der Waals surface area (Å²) >= 11 is 9.19. The summed E-state index contributed by atoms with van der Waals surface area (Å²) in [5.74, 6) is 0.502. The van der Waals surface area contributed by atoms with Gasteiger partial charge in [0.25, 0.3) is 0 Å². The van der Waals surface area contributed by atoms with Crippen molar-refractivity contribution in [2.45, 2.75) is 19.2 Å². The van der Waals surface area contributed by atoms with E-state index in [1.807, 2.05) is 16.7 Å². The smallest absolute Gasteiger partial charge is 0.133 e. The molecule has 2 rings (SSSR count). The summed E-state index contributed by atoms with van der Waals surface area (Å²) in [7, 11) is 0. The molecule has 0 fully saturated rings. The first-order valence-electron chi connectivity index (χ1n) is 4.43. The maximum absolute atomic E-state index is 5.71. The lowest BCUT2D eigenvalue weighted by atomic mass is 10.4. The van der Waals surface area contributed by atoms with Gasteiger partial charge in [-0.1, -0.05) is 6.92 Å². The molecular formula is C10H10ClNS2. The van der Waals surface area contributed by atoms with Crippen LogP contribution in [0.15, 0.2) is 17.5 Å². The Morgan fingerprint density at radius 1 is 1.43 bits per heavy atom. The minimum absolute atomic E-state index is 0.502. The number of thiazole rings is 1. The summed E-state index contributed by atoms with van der Waals surface area (Å²) < 4.78 is 0. The van der Waals surface area contributed by atoms with Crippen molar-refractivity contribution in [3.8, 4) is 9.88 Å². The average Bonchev–Trinajstić information content (AvgIpc) is 2.86. The van der Waals surface area contributed by atoms with Gasteiger partial charge < -0.3 is 0 Å². The predicted octanol–water partition coefficient (Wildman–Crippen LogP) is 4.17. The zero-order valence-corrected chi connectivity index (χ0v) is 10.2. The summed E-state index contributed by atoms with van der Waals surface area (Å²) in [6.07, 6.45) is 1.10. The van der Waals surface area contributed by atoms with Crippen LogP contribution in [0.1, 0.15) is 17.5 Å². The van der Waals surface area contributed by atoms with Crippen molar-refractivity contribution in [2.75, 3.05) is 0 Å². The van der Waals surface area contributed by atoms with E-state index >= 15 is 0 Å². The Morgan fingerprint density at radius 2 is 2.29 bits per heavy atom. The molecule has 2 aromatic heterocycles. The summed E-state index contributed by atoms with van der Waals surface area (Å²) in [6.45, 7) is 2.17. The molecule has 0 aliphatic carbocycles. The van der Waals surface area contributed by atoms with Gasteiger partial charge in [0.15, 0.2) is 0 Å². The van der Waals surface area contributed by atoms with E-state index in [0.717, 1.165) is 17.1 Å². The number of aromatic nitrogens is 1. The van der Waals surface area contributed by atoms with Crippen LogP contribution in [0.25, 0.3) is 9.88 Å². The molecule has 0 unspecified atom stereocenters. The van der Waals surface area contributed by atoms with Crippen molar-refractivity contribution < 1.29 is 0 Å². The topological polar surface area (TPSA) is 12.9 Å². The number of rotatable bonds is 3. The zero-order chi connectivity index (χ0) is 9.97. The van der Waals surface area contributed by atoms with Gasteiger partial charge >= 0.3 is 0 Å². The standard InChI is InChI=1S/C10H10ClNS2/c1-2-8-3-4-9(14-8)10-12-7(5-11)6-13-10/h3-4,6H,2,5H2,1H3. The van der Waals surface area contributed by atoms with Crippen LogP contribution in [0.3, 0.4) is 0 Å². The molecule has 0 N–H and O–H groups in total. The predicted molar refractivity (Wildman–Crippen MR) is 64.4 cm³/mol. The van der Waals surface area contributed by atoms with E-state index < -0.39 is 0 Å². The van der Waals surface area contributed by atoms with E-state index in [-0.39, 0.29) is 0 Å². The second-order valence-electron chi connectivity index (χ2n) is 2.90. The van der Waals surface area contributed by atoms with Crippen LogP contribution >= 0.6 is 34.3 Å². The van der Waals surface area contributed by atoms with Gasteiger partial charge in [-0.25, -0.2) is 4.98 Å². The highest BCUT2D eigenvalue weighted by Crippen LogP contribution is 2.31. The first-order chi connectivity index (χ1) is 6.83. The molecule has 74 valence electrons. The van der Waals surface area contributed by atoms with Crippen molar-refractivity contribution >= 4 is 34.3 Å². The van der Waals surface area contributed by atoms with Gasteiger partial charge in [0.2, 0.25) is 0 Å². The molecule has 0 aliphatic heterocycles. The van der Waals surface area contributed by atoms with Crippen LogP contribution in [0.4, 0.5) is 0 Å². The van der Waals surface area contributed by atoms with E-state index in [1.54, 1.807) is 11.3 Å². The number of hydrogen-bond acceptors (Lipinski definition) is 3. The van der Waals surface area contributed by atoms with E-state index in [9.17, 15) is 0 Å². The molecule has 0 aromatic carbocycles.